The van der Waals surface area contributed by atoms with Crippen molar-refractivity contribution in [1.82, 2.24) is 5.32 Å². The van der Waals surface area contributed by atoms with Crippen LogP contribution in [0.2, 0.25) is 0 Å². The van der Waals surface area contributed by atoms with E-state index in [1.807, 2.05) is 6.92 Å². The van der Waals surface area contributed by atoms with Crippen LogP contribution in [0.5, 0.6) is 0 Å². The van der Waals surface area contributed by atoms with Gasteiger partial charge in [0.15, 0.2) is 0 Å². The van der Waals surface area contributed by atoms with Crippen molar-refractivity contribution in [3.05, 3.63) is 0 Å². The van der Waals surface area contributed by atoms with Crippen molar-refractivity contribution >= 4 is 5.91 Å². The highest BCUT2D eigenvalue weighted by atomic mass is 16.1. The molecule has 0 aromatic rings. The first kappa shape index (κ1) is 13.9. The van der Waals surface area contributed by atoms with Gasteiger partial charge in [-0.05, 0) is 19.3 Å². The molecule has 0 aliphatic heterocycles. The maximum Gasteiger partial charge on any atom is 0.224 e. The molecule has 0 aromatic heterocycles. The van der Waals surface area contributed by atoms with Crippen molar-refractivity contribution in [2.75, 3.05) is 13.1 Å². The van der Waals surface area contributed by atoms with Gasteiger partial charge in [0.1, 0.15) is 0 Å². The fraction of sp³-hybridized carbons (Fsp3) is 0.818. The van der Waals surface area contributed by atoms with Gasteiger partial charge in [0.05, 0.1) is 12.0 Å². The Morgan fingerprint density at radius 3 is 2.80 bits per heavy atom. The summed E-state index contributed by atoms with van der Waals surface area (Å²) in [7, 11) is 0. The molecular formula is C11H21N3O. The van der Waals surface area contributed by atoms with Crippen molar-refractivity contribution < 1.29 is 4.79 Å². The van der Waals surface area contributed by atoms with E-state index >= 15 is 0 Å². The molecule has 0 aliphatic rings. The highest BCUT2D eigenvalue weighted by Gasteiger charge is 2.14. The standard InChI is InChI=1S/C11H21N3O/c1-2-6-10(9-13)11(15)14-8-5-3-4-7-12/h10H,2-6,8-9,13H2,1H3,(H,14,15). The second-order valence-corrected chi connectivity index (χ2v) is 3.63. The molecule has 1 atom stereocenters. The van der Waals surface area contributed by atoms with E-state index in [1.54, 1.807) is 0 Å². The molecule has 0 bridgehead atoms. The lowest BCUT2D eigenvalue weighted by Crippen LogP contribution is -2.35. The van der Waals surface area contributed by atoms with Crippen LogP contribution in [0.1, 0.15) is 39.0 Å². The lowest BCUT2D eigenvalue weighted by atomic mass is 10.0. The Kier molecular flexibility index (Phi) is 8.79. The van der Waals surface area contributed by atoms with E-state index in [1.165, 1.54) is 0 Å². The Bertz CT molecular complexity index is 210. The summed E-state index contributed by atoms with van der Waals surface area (Å²) in [6.45, 7) is 3.11. The number of carbonyl (C=O) groups excluding carboxylic acids is 1. The highest BCUT2D eigenvalue weighted by Crippen LogP contribution is 2.04. The van der Waals surface area contributed by atoms with E-state index in [0.29, 0.717) is 19.5 Å². The van der Waals surface area contributed by atoms with Gasteiger partial charge in [-0.15, -0.1) is 0 Å². The number of carbonyl (C=O) groups is 1. The van der Waals surface area contributed by atoms with Crippen LogP contribution < -0.4 is 11.1 Å². The first-order chi connectivity index (χ1) is 7.26. The van der Waals surface area contributed by atoms with Crippen molar-refractivity contribution in [3.8, 4) is 6.07 Å². The molecule has 0 aromatic carbocycles. The molecule has 15 heavy (non-hydrogen) atoms. The van der Waals surface area contributed by atoms with E-state index < -0.39 is 0 Å². The smallest absolute Gasteiger partial charge is 0.224 e. The zero-order chi connectivity index (χ0) is 11.5. The number of nitrogens with zero attached hydrogens (tertiary/aromatic N) is 1. The molecule has 0 heterocycles. The molecule has 0 spiro atoms. The predicted molar refractivity (Wildman–Crippen MR) is 59.9 cm³/mol. The molecule has 4 heteroatoms. The number of nitrogens with one attached hydrogen (secondary N) is 1. The molecule has 1 amide bonds. The number of amides is 1. The molecule has 86 valence electrons. The van der Waals surface area contributed by atoms with E-state index in [9.17, 15) is 4.79 Å². The molecule has 0 aliphatic carbocycles. The lowest BCUT2D eigenvalue weighted by Gasteiger charge is -2.13. The van der Waals surface area contributed by atoms with Gasteiger partial charge in [-0.3, -0.25) is 4.79 Å². The number of rotatable bonds is 8. The van der Waals surface area contributed by atoms with Crippen LogP contribution in [-0.4, -0.2) is 19.0 Å². The minimum Gasteiger partial charge on any atom is -0.356 e. The summed E-state index contributed by atoms with van der Waals surface area (Å²) in [5.74, 6) is 0.00211. The molecule has 0 fully saturated rings. The summed E-state index contributed by atoms with van der Waals surface area (Å²) in [5.41, 5.74) is 5.51. The van der Waals surface area contributed by atoms with Gasteiger partial charge < -0.3 is 11.1 Å². The molecule has 0 rings (SSSR count). The number of nitriles is 1. The van der Waals surface area contributed by atoms with Crippen molar-refractivity contribution in [2.45, 2.75) is 39.0 Å². The zero-order valence-corrected chi connectivity index (χ0v) is 9.46. The van der Waals surface area contributed by atoms with Crippen LogP contribution >= 0.6 is 0 Å². The second kappa shape index (κ2) is 9.47. The van der Waals surface area contributed by atoms with Gasteiger partial charge in [0.2, 0.25) is 5.91 Å². The van der Waals surface area contributed by atoms with Crippen molar-refractivity contribution in [1.29, 1.82) is 5.26 Å². The topological polar surface area (TPSA) is 78.9 Å². The van der Waals surface area contributed by atoms with Gasteiger partial charge in [0.25, 0.3) is 0 Å². The fourth-order valence-corrected chi connectivity index (χ4v) is 1.39. The van der Waals surface area contributed by atoms with Crippen molar-refractivity contribution in [2.24, 2.45) is 11.7 Å². The second-order valence-electron chi connectivity index (χ2n) is 3.63. The minimum absolute atomic E-state index is 0.0500. The van der Waals surface area contributed by atoms with E-state index in [4.69, 9.17) is 11.0 Å². The third-order valence-electron chi connectivity index (χ3n) is 2.31. The van der Waals surface area contributed by atoms with Crippen LogP contribution in [-0.2, 0) is 4.79 Å². The average Bonchev–Trinajstić information content (AvgIpc) is 2.25. The lowest BCUT2D eigenvalue weighted by molar-refractivity contribution is -0.124. The molecule has 0 saturated heterocycles. The SMILES string of the molecule is CCCC(CN)C(=O)NCCCCC#N. The van der Waals surface area contributed by atoms with Gasteiger partial charge in [0, 0.05) is 19.5 Å². The highest BCUT2D eigenvalue weighted by molar-refractivity contribution is 5.78. The van der Waals surface area contributed by atoms with Crippen LogP contribution in [0.4, 0.5) is 0 Å². The minimum atomic E-state index is -0.0500. The zero-order valence-electron chi connectivity index (χ0n) is 9.46. The Labute approximate surface area is 91.8 Å². The third-order valence-corrected chi connectivity index (χ3v) is 2.31. The Morgan fingerprint density at radius 1 is 1.53 bits per heavy atom. The third kappa shape index (κ3) is 6.92. The number of hydrogen-bond donors (Lipinski definition) is 2. The van der Waals surface area contributed by atoms with Crippen LogP contribution in [0.15, 0.2) is 0 Å². The summed E-state index contributed by atoms with van der Waals surface area (Å²) in [5, 5.41) is 11.2. The maximum atomic E-state index is 11.5. The van der Waals surface area contributed by atoms with E-state index in [-0.39, 0.29) is 11.8 Å². The van der Waals surface area contributed by atoms with Gasteiger partial charge >= 0.3 is 0 Å². The van der Waals surface area contributed by atoms with Crippen LogP contribution in [0, 0.1) is 17.2 Å². The normalized spacial score (nSPS) is 11.8. The van der Waals surface area contributed by atoms with Gasteiger partial charge in [-0.1, -0.05) is 13.3 Å². The summed E-state index contributed by atoms with van der Waals surface area (Å²) in [6.07, 6.45) is 4.09. The maximum absolute atomic E-state index is 11.5. The Balaban J connectivity index is 3.58. The summed E-state index contributed by atoms with van der Waals surface area (Å²) < 4.78 is 0. The number of unbranched alkanes of at least 4 members (excludes halogenated alkanes) is 2. The molecule has 3 N–H and O–H groups in total. The van der Waals surface area contributed by atoms with Gasteiger partial charge in [-0.2, -0.15) is 5.26 Å². The molecule has 0 radical (unpaired) electrons. The van der Waals surface area contributed by atoms with E-state index in [0.717, 1.165) is 25.7 Å². The average molecular weight is 211 g/mol. The number of nitrogens with two attached hydrogens (primary N) is 1. The summed E-state index contributed by atoms with van der Waals surface area (Å²) in [4.78, 5) is 11.5. The van der Waals surface area contributed by atoms with Crippen LogP contribution in [0.25, 0.3) is 0 Å². The number of hydrogen-bond acceptors (Lipinski definition) is 3. The predicted octanol–water partition coefficient (Wildman–Crippen LogP) is 1.17. The quantitative estimate of drug-likeness (QED) is 0.591. The van der Waals surface area contributed by atoms with Gasteiger partial charge in [-0.25, -0.2) is 0 Å². The van der Waals surface area contributed by atoms with Crippen molar-refractivity contribution in [3.63, 3.8) is 0 Å². The Morgan fingerprint density at radius 2 is 2.27 bits per heavy atom. The van der Waals surface area contributed by atoms with Crippen LogP contribution in [0.3, 0.4) is 0 Å². The molecule has 0 saturated carbocycles. The monoisotopic (exact) mass is 211 g/mol. The summed E-state index contributed by atoms with van der Waals surface area (Å²) in [6, 6.07) is 2.08. The Hall–Kier alpha value is -1.08. The molecule has 1 unspecified atom stereocenters. The molecular weight excluding hydrogens is 190 g/mol. The first-order valence-electron chi connectivity index (χ1n) is 5.61. The largest absolute Gasteiger partial charge is 0.356 e. The fourth-order valence-electron chi connectivity index (χ4n) is 1.39. The summed E-state index contributed by atoms with van der Waals surface area (Å²) >= 11 is 0. The first-order valence-corrected chi connectivity index (χ1v) is 5.61. The molecule has 4 nitrogen and oxygen atoms in total. The van der Waals surface area contributed by atoms with E-state index in [2.05, 4.69) is 11.4 Å².